The fraction of sp³-hybridized carbons (Fsp3) is 0.364. The summed E-state index contributed by atoms with van der Waals surface area (Å²) in [6, 6.07) is 12.9. The molecule has 3 N–H and O–H groups in total. The maximum absolute atomic E-state index is 12.5. The Bertz CT molecular complexity index is 992. The average Bonchev–Trinajstić information content (AvgIpc) is 2.74. The first kappa shape index (κ1) is 24.8. The minimum Gasteiger partial charge on any atom is -0.494 e. The zero-order valence-electron chi connectivity index (χ0n) is 18.0. The van der Waals surface area contributed by atoms with Crippen molar-refractivity contribution in [3.8, 4) is 5.75 Å². The van der Waals surface area contributed by atoms with Crippen LogP contribution in [-0.2, 0) is 10.0 Å². The van der Waals surface area contributed by atoms with Crippen LogP contribution in [-0.4, -0.2) is 32.1 Å². The van der Waals surface area contributed by atoms with E-state index in [0.29, 0.717) is 30.0 Å². The zero-order valence-corrected chi connectivity index (χ0v) is 19.6. The maximum Gasteiger partial charge on any atom is 0.257 e. The molecule has 0 aliphatic rings. The lowest BCUT2D eigenvalue weighted by atomic mass is 10.2. The van der Waals surface area contributed by atoms with E-state index in [-0.39, 0.29) is 22.0 Å². The zero-order chi connectivity index (χ0) is 22.9. The lowest BCUT2D eigenvalue weighted by Crippen LogP contribution is -2.34. The van der Waals surface area contributed by atoms with Gasteiger partial charge in [-0.25, -0.2) is 13.1 Å². The number of hydrogen-bond acceptors (Lipinski definition) is 5. The lowest BCUT2D eigenvalue weighted by molar-refractivity contribution is 0.0977. The van der Waals surface area contributed by atoms with Crippen LogP contribution in [0.4, 0.5) is 5.69 Å². The van der Waals surface area contributed by atoms with Crippen LogP contribution < -0.4 is 20.1 Å². The van der Waals surface area contributed by atoms with Gasteiger partial charge >= 0.3 is 0 Å². The molecular weight excluding hydrogens is 434 g/mol. The van der Waals surface area contributed by atoms with E-state index in [4.69, 9.17) is 17.0 Å². The highest BCUT2D eigenvalue weighted by molar-refractivity contribution is 7.89. The molecule has 2 rings (SSSR count). The van der Waals surface area contributed by atoms with Gasteiger partial charge in [0.1, 0.15) is 5.75 Å². The topological polar surface area (TPSA) is 96.5 Å². The minimum absolute atomic E-state index is 0.107. The maximum atomic E-state index is 12.5. The van der Waals surface area contributed by atoms with Gasteiger partial charge in [-0.15, -0.1) is 0 Å². The molecule has 0 saturated carbocycles. The molecule has 0 aliphatic heterocycles. The molecule has 9 heteroatoms. The second-order valence-electron chi connectivity index (χ2n) is 7.09. The number of benzene rings is 2. The number of nitrogens with one attached hydrogen (secondary N) is 3. The molecule has 7 nitrogen and oxygen atoms in total. The summed E-state index contributed by atoms with van der Waals surface area (Å²) < 4.78 is 32.9. The molecule has 2 aromatic carbocycles. The van der Waals surface area contributed by atoms with Crippen molar-refractivity contribution in [3.63, 3.8) is 0 Å². The van der Waals surface area contributed by atoms with Crippen molar-refractivity contribution in [2.75, 3.05) is 11.9 Å². The van der Waals surface area contributed by atoms with Crippen LogP contribution in [0.2, 0.25) is 0 Å². The molecule has 31 heavy (non-hydrogen) atoms. The van der Waals surface area contributed by atoms with Crippen molar-refractivity contribution >= 4 is 38.9 Å². The van der Waals surface area contributed by atoms with Crippen LogP contribution in [0, 0.1) is 0 Å². The Morgan fingerprint density at radius 3 is 2.48 bits per heavy atom. The minimum atomic E-state index is -3.58. The van der Waals surface area contributed by atoms with Crippen molar-refractivity contribution in [3.05, 3.63) is 54.1 Å². The number of carbonyl (C=O) groups is 1. The summed E-state index contributed by atoms with van der Waals surface area (Å²) in [5.74, 6) is 0.262. The molecule has 0 fully saturated rings. The number of anilines is 1. The number of hydrogen-bond donors (Lipinski definition) is 3. The van der Waals surface area contributed by atoms with E-state index in [2.05, 4.69) is 22.3 Å². The predicted molar refractivity (Wildman–Crippen MR) is 127 cm³/mol. The van der Waals surface area contributed by atoms with Gasteiger partial charge in [0.25, 0.3) is 5.91 Å². The van der Waals surface area contributed by atoms with E-state index in [0.717, 1.165) is 12.8 Å². The van der Waals surface area contributed by atoms with E-state index in [1.165, 1.54) is 12.1 Å². The average molecular weight is 464 g/mol. The Balaban J connectivity index is 1.95. The standard InChI is InChI=1S/C22H29N3O4S2/c1-4-6-14-29-19-9-7-8-17(15-19)21(26)24-22(30)23-18-10-12-20(13-11-18)31(27,28)25-16(3)5-2/h7-13,15-16,25H,4-6,14H2,1-3H3,(H2,23,24,26,30). The largest absolute Gasteiger partial charge is 0.494 e. The number of unbranched alkanes of at least 4 members (excludes halogenated alkanes) is 1. The highest BCUT2D eigenvalue weighted by Gasteiger charge is 2.16. The normalized spacial score (nSPS) is 12.1. The SMILES string of the molecule is CCCCOc1cccc(C(=O)NC(=S)Nc2ccc(S(=O)(=O)NC(C)CC)cc2)c1. The molecule has 1 unspecified atom stereocenters. The van der Waals surface area contributed by atoms with Crippen LogP contribution in [0.15, 0.2) is 53.4 Å². The van der Waals surface area contributed by atoms with Crippen LogP contribution in [0.3, 0.4) is 0 Å². The summed E-state index contributed by atoms with van der Waals surface area (Å²) in [7, 11) is -3.58. The van der Waals surface area contributed by atoms with E-state index in [1.807, 2.05) is 13.8 Å². The van der Waals surface area contributed by atoms with Crippen LogP contribution >= 0.6 is 12.2 Å². The molecule has 0 saturated heterocycles. The Morgan fingerprint density at radius 2 is 1.84 bits per heavy atom. The second-order valence-corrected chi connectivity index (χ2v) is 9.22. The second kappa shape index (κ2) is 11.8. The summed E-state index contributed by atoms with van der Waals surface area (Å²) >= 11 is 5.20. The summed E-state index contributed by atoms with van der Waals surface area (Å²) in [6.45, 7) is 6.39. The van der Waals surface area contributed by atoms with Crippen molar-refractivity contribution in [1.82, 2.24) is 10.0 Å². The smallest absolute Gasteiger partial charge is 0.257 e. The van der Waals surface area contributed by atoms with Crippen molar-refractivity contribution < 1.29 is 17.9 Å². The molecule has 0 bridgehead atoms. The third-order valence-corrected chi connectivity index (χ3v) is 6.29. The summed E-state index contributed by atoms with van der Waals surface area (Å²) in [4.78, 5) is 12.6. The number of rotatable bonds is 10. The molecule has 0 aromatic heterocycles. The van der Waals surface area contributed by atoms with Gasteiger partial charge in [0, 0.05) is 17.3 Å². The van der Waals surface area contributed by atoms with Gasteiger partial charge in [0.05, 0.1) is 11.5 Å². The lowest BCUT2D eigenvalue weighted by Gasteiger charge is -2.13. The molecule has 0 radical (unpaired) electrons. The quantitative estimate of drug-likeness (QED) is 0.363. The van der Waals surface area contributed by atoms with Gasteiger partial charge < -0.3 is 10.1 Å². The molecule has 1 atom stereocenters. The first-order chi connectivity index (χ1) is 14.7. The summed E-state index contributed by atoms with van der Waals surface area (Å²) in [6.07, 6.45) is 2.67. The van der Waals surface area contributed by atoms with Crippen LogP contribution in [0.5, 0.6) is 5.75 Å². The number of carbonyl (C=O) groups excluding carboxylic acids is 1. The highest BCUT2D eigenvalue weighted by atomic mass is 32.2. The monoisotopic (exact) mass is 463 g/mol. The van der Waals surface area contributed by atoms with Gasteiger partial charge in [-0.05, 0) is 74.4 Å². The van der Waals surface area contributed by atoms with Crippen molar-refractivity contribution in [1.29, 1.82) is 0 Å². The van der Waals surface area contributed by atoms with Gasteiger partial charge in [-0.2, -0.15) is 0 Å². The molecule has 1 amide bonds. The van der Waals surface area contributed by atoms with Gasteiger partial charge in [-0.3, -0.25) is 10.1 Å². The van der Waals surface area contributed by atoms with E-state index < -0.39 is 10.0 Å². The molecule has 0 heterocycles. The summed E-state index contributed by atoms with van der Waals surface area (Å²) in [5, 5.41) is 5.60. The Kier molecular flexibility index (Phi) is 9.42. The van der Waals surface area contributed by atoms with E-state index in [9.17, 15) is 13.2 Å². The van der Waals surface area contributed by atoms with Crippen molar-refractivity contribution in [2.24, 2.45) is 0 Å². The summed E-state index contributed by atoms with van der Waals surface area (Å²) in [5.41, 5.74) is 0.986. The molecule has 2 aromatic rings. The predicted octanol–water partition coefficient (Wildman–Crippen LogP) is 4.07. The van der Waals surface area contributed by atoms with Crippen LogP contribution in [0.1, 0.15) is 50.4 Å². The number of amides is 1. The molecular formula is C22H29N3O4S2. The van der Waals surface area contributed by atoms with Gasteiger partial charge in [-0.1, -0.05) is 26.3 Å². The fourth-order valence-corrected chi connectivity index (χ4v) is 4.07. The van der Waals surface area contributed by atoms with Crippen molar-refractivity contribution in [2.45, 2.75) is 51.0 Å². The van der Waals surface area contributed by atoms with E-state index in [1.54, 1.807) is 36.4 Å². The van der Waals surface area contributed by atoms with Gasteiger partial charge in [0.15, 0.2) is 5.11 Å². The highest BCUT2D eigenvalue weighted by Crippen LogP contribution is 2.16. The van der Waals surface area contributed by atoms with Gasteiger partial charge in [0.2, 0.25) is 10.0 Å². The Labute approximate surface area is 189 Å². The molecule has 0 aliphatic carbocycles. The Morgan fingerprint density at radius 1 is 1.13 bits per heavy atom. The van der Waals surface area contributed by atoms with E-state index >= 15 is 0 Å². The van der Waals surface area contributed by atoms with Crippen LogP contribution in [0.25, 0.3) is 0 Å². The Hall–Kier alpha value is -2.49. The third kappa shape index (κ3) is 7.93. The number of sulfonamides is 1. The fourth-order valence-electron chi connectivity index (χ4n) is 2.53. The molecule has 168 valence electrons. The number of ether oxygens (including phenoxy) is 1. The first-order valence-electron chi connectivity index (χ1n) is 10.2. The third-order valence-electron chi connectivity index (χ3n) is 4.48. The number of thiocarbonyl (C=S) groups is 1. The molecule has 0 spiro atoms. The first-order valence-corrected chi connectivity index (χ1v) is 12.1.